The molecule has 1 rings (SSSR count). The van der Waals surface area contributed by atoms with Crippen molar-refractivity contribution in [3.63, 3.8) is 0 Å². The maximum absolute atomic E-state index is 10.7. The minimum absolute atomic E-state index is 0.0203. The Morgan fingerprint density at radius 1 is 1.31 bits per heavy atom. The molecule has 0 aliphatic rings. The molecule has 0 saturated heterocycles. The maximum Gasteiger partial charge on any atom is 0.325 e. The van der Waals surface area contributed by atoms with Gasteiger partial charge in [0, 0.05) is 6.92 Å². The Kier molecular flexibility index (Phi) is 3.89. The SMILES string of the molecule is [CH]C(=NOS(C)(=O)=O)c1ccc(OC)cc1. The van der Waals surface area contributed by atoms with Crippen LogP contribution in [0.25, 0.3) is 0 Å². The summed E-state index contributed by atoms with van der Waals surface area (Å²) in [4.78, 5) is 0. The average molecular weight is 241 g/mol. The zero-order chi connectivity index (χ0) is 12.2. The highest BCUT2D eigenvalue weighted by Gasteiger charge is 2.03. The average Bonchev–Trinajstić information content (AvgIpc) is 2.25. The molecule has 1 aromatic rings. The lowest BCUT2D eigenvalue weighted by molar-refractivity contribution is 0.343. The molecule has 6 heteroatoms. The molecule has 0 aliphatic heterocycles. The molecule has 0 spiro atoms. The molecule has 1 aromatic carbocycles. The quantitative estimate of drug-likeness (QED) is 0.584. The van der Waals surface area contributed by atoms with E-state index in [9.17, 15) is 8.42 Å². The Balaban J connectivity index is 2.84. The lowest BCUT2D eigenvalue weighted by Gasteiger charge is -2.02. The molecule has 5 nitrogen and oxygen atoms in total. The standard InChI is InChI=1S/C10H11NO4S/c1-8(11-15-16(3,12)13)9-4-6-10(14-2)7-5-9/h1,4-7H,2-3H3. The number of benzene rings is 1. The normalized spacial score (nSPS) is 12.3. The second kappa shape index (κ2) is 4.98. The zero-order valence-electron chi connectivity index (χ0n) is 8.88. The van der Waals surface area contributed by atoms with Gasteiger partial charge in [-0.1, -0.05) is 5.16 Å². The molecule has 2 radical (unpaired) electrons. The lowest BCUT2D eigenvalue weighted by atomic mass is 10.1. The molecule has 0 atom stereocenters. The summed E-state index contributed by atoms with van der Waals surface area (Å²) in [5, 5.41) is 3.29. The van der Waals surface area contributed by atoms with Crippen LogP contribution in [0.2, 0.25) is 0 Å². The van der Waals surface area contributed by atoms with Gasteiger partial charge in [0.15, 0.2) is 0 Å². The first-order valence-corrected chi connectivity index (χ1v) is 6.10. The number of ether oxygens (including phenoxy) is 1. The minimum Gasteiger partial charge on any atom is -0.497 e. The van der Waals surface area contributed by atoms with Crippen LogP contribution >= 0.6 is 0 Å². The van der Waals surface area contributed by atoms with Gasteiger partial charge in [0.05, 0.1) is 19.1 Å². The van der Waals surface area contributed by atoms with E-state index in [4.69, 9.17) is 11.7 Å². The van der Waals surface area contributed by atoms with Crippen molar-refractivity contribution < 1.29 is 17.4 Å². The van der Waals surface area contributed by atoms with Crippen LogP contribution < -0.4 is 4.74 Å². The Morgan fingerprint density at radius 2 is 1.88 bits per heavy atom. The fourth-order valence-corrected chi connectivity index (χ4v) is 1.14. The molecular formula is C10H11NO4S. The number of hydrogen-bond donors (Lipinski definition) is 0. The second-order valence-electron chi connectivity index (χ2n) is 2.98. The highest BCUT2D eigenvalue weighted by Crippen LogP contribution is 2.12. The summed E-state index contributed by atoms with van der Waals surface area (Å²) in [6.07, 6.45) is 0.887. The largest absolute Gasteiger partial charge is 0.497 e. The molecule has 0 aromatic heterocycles. The zero-order valence-corrected chi connectivity index (χ0v) is 9.69. The molecule has 16 heavy (non-hydrogen) atoms. The van der Waals surface area contributed by atoms with Crippen molar-refractivity contribution in [1.29, 1.82) is 0 Å². The third-order valence-corrected chi connectivity index (χ3v) is 2.00. The van der Waals surface area contributed by atoms with Crippen molar-refractivity contribution in [1.82, 2.24) is 0 Å². The first-order valence-electron chi connectivity index (χ1n) is 4.29. The topological polar surface area (TPSA) is 65.0 Å². The van der Waals surface area contributed by atoms with E-state index in [1.165, 1.54) is 0 Å². The van der Waals surface area contributed by atoms with Gasteiger partial charge in [0.1, 0.15) is 5.75 Å². The van der Waals surface area contributed by atoms with E-state index in [0.29, 0.717) is 11.3 Å². The third kappa shape index (κ3) is 3.90. The summed E-state index contributed by atoms with van der Waals surface area (Å²) in [6.45, 7) is 5.51. The van der Waals surface area contributed by atoms with E-state index < -0.39 is 10.1 Å². The predicted molar refractivity (Wildman–Crippen MR) is 59.8 cm³/mol. The number of methoxy groups -OCH3 is 1. The summed E-state index contributed by atoms with van der Waals surface area (Å²) in [5.74, 6) is 0.667. The maximum atomic E-state index is 10.7. The molecule has 86 valence electrons. The van der Waals surface area contributed by atoms with Gasteiger partial charge in [-0.3, -0.25) is 4.28 Å². The number of rotatable bonds is 4. The summed E-state index contributed by atoms with van der Waals surface area (Å²) in [7, 11) is -2.09. The van der Waals surface area contributed by atoms with Gasteiger partial charge < -0.3 is 4.74 Å². The molecule has 0 saturated carbocycles. The fourth-order valence-electron chi connectivity index (χ4n) is 0.922. The van der Waals surface area contributed by atoms with Crippen molar-refractivity contribution in [2.24, 2.45) is 5.16 Å². The molecule has 0 heterocycles. The Hall–Kier alpha value is -1.56. The van der Waals surface area contributed by atoms with Gasteiger partial charge in [-0.15, -0.1) is 0 Å². The van der Waals surface area contributed by atoms with Gasteiger partial charge in [0.2, 0.25) is 0 Å². The van der Waals surface area contributed by atoms with Crippen molar-refractivity contribution in [3.05, 3.63) is 36.8 Å². The van der Waals surface area contributed by atoms with Crippen LogP contribution in [0.3, 0.4) is 0 Å². The lowest BCUT2D eigenvalue weighted by Crippen LogP contribution is -2.02. The molecule has 0 bridgehead atoms. The molecule has 0 amide bonds. The predicted octanol–water partition coefficient (Wildman–Crippen LogP) is 1.09. The highest BCUT2D eigenvalue weighted by atomic mass is 32.2. The van der Waals surface area contributed by atoms with Gasteiger partial charge in [0.25, 0.3) is 0 Å². The summed E-state index contributed by atoms with van der Waals surface area (Å²) >= 11 is 0. The van der Waals surface area contributed by atoms with E-state index in [-0.39, 0.29) is 5.71 Å². The van der Waals surface area contributed by atoms with Crippen LogP contribution in [0.15, 0.2) is 29.4 Å². The molecule has 0 unspecified atom stereocenters. The van der Waals surface area contributed by atoms with E-state index >= 15 is 0 Å². The van der Waals surface area contributed by atoms with E-state index in [0.717, 1.165) is 6.26 Å². The van der Waals surface area contributed by atoms with Crippen molar-refractivity contribution in [3.8, 4) is 5.75 Å². The van der Waals surface area contributed by atoms with E-state index in [1.54, 1.807) is 31.4 Å². The molecule has 0 N–H and O–H groups in total. The second-order valence-corrected chi connectivity index (χ2v) is 4.54. The van der Waals surface area contributed by atoms with Crippen LogP contribution in [0, 0.1) is 6.92 Å². The van der Waals surface area contributed by atoms with Gasteiger partial charge in [-0.25, -0.2) is 0 Å². The Morgan fingerprint density at radius 3 is 2.31 bits per heavy atom. The number of hydrogen-bond acceptors (Lipinski definition) is 5. The van der Waals surface area contributed by atoms with Gasteiger partial charge in [-0.05, 0) is 29.8 Å². The fraction of sp³-hybridized carbons (Fsp3) is 0.200. The third-order valence-electron chi connectivity index (χ3n) is 1.66. The van der Waals surface area contributed by atoms with Crippen LogP contribution in [-0.4, -0.2) is 27.5 Å². The summed E-state index contributed by atoms with van der Waals surface area (Å²) in [6, 6.07) is 6.64. The van der Waals surface area contributed by atoms with E-state index in [2.05, 4.69) is 9.44 Å². The van der Waals surface area contributed by atoms with Crippen LogP contribution in [0.1, 0.15) is 5.56 Å². The smallest absolute Gasteiger partial charge is 0.325 e. The Bertz CT molecular complexity index is 476. The first-order chi connectivity index (χ1) is 7.42. The van der Waals surface area contributed by atoms with Crippen molar-refractivity contribution >= 4 is 15.8 Å². The highest BCUT2D eigenvalue weighted by molar-refractivity contribution is 7.85. The van der Waals surface area contributed by atoms with Gasteiger partial charge >= 0.3 is 10.1 Å². The molecule has 0 fully saturated rings. The number of oxime groups is 1. The van der Waals surface area contributed by atoms with Crippen LogP contribution in [0.4, 0.5) is 0 Å². The van der Waals surface area contributed by atoms with Crippen LogP contribution in [0.5, 0.6) is 5.75 Å². The van der Waals surface area contributed by atoms with Crippen molar-refractivity contribution in [2.45, 2.75) is 0 Å². The first kappa shape index (κ1) is 12.5. The molecular weight excluding hydrogens is 230 g/mol. The monoisotopic (exact) mass is 241 g/mol. The molecule has 0 aliphatic carbocycles. The minimum atomic E-state index is -3.63. The van der Waals surface area contributed by atoms with Crippen LogP contribution in [-0.2, 0) is 14.4 Å². The summed E-state index contributed by atoms with van der Waals surface area (Å²) < 4.78 is 30.5. The van der Waals surface area contributed by atoms with Crippen molar-refractivity contribution in [2.75, 3.05) is 13.4 Å². The van der Waals surface area contributed by atoms with E-state index in [1.807, 2.05) is 0 Å². The van der Waals surface area contributed by atoms with Gasteiger partial charge in [-0.2, -0.15) is 8.42 Å². The number of nitrogens with zero attached hydrogens (tertiary/aromatic N) is 1. The Labute approximate surface area is 94.8 Å². The summed E-state index contributed by atoms with van der Waals surface area (Å²) in [5.41, 5.74) is 0.525.